The smallest absolute Gasteiger partial charge is 0.356 e. The summed E-state index contributed by atoms with van der Waals surface area (Å²) in [5.74, 6) is -5.25. The van der Waals surface area contributed by atoms with Crippen molar-refractivity contribution in [3.8, 4) is 0 Å². The minimum absolute atomic E-state index is 0.0826. The molecule has 10 nitrogen and oxygen atoms in total. The average molecular weight is 597 g/mol. The van der Waals surface area contributed by atoms with Crippen molar-refractivity contribution in [3.63, 3.8) is 0 Å². The lowest BCUT2D eigenvalue weighted by Crippen LogP contribution is -2.60. The van der Waals surface area contributed by atoms with Crippen molar-refractivity contribution in [2.75, 3.05) is 19.3 Å². The van der Waals surface area contributed by atoms with Crippen molar-refractivity contribution < 1.29 is 45.2 Å². The number of nitrogens with zero attached hydrogens (tertiary/aromatic N) is 1. The highest BCUT2D eigenvalue weighted by Gasteiger charge is 2.53. The Bertz CT molecular complexity index is 1170. The molecule has 226 valence electrons. The molecule has 0 bridgehead atoms. The molecule has 1 saturated carbocycles. The van der Waals surface area contributed by atoms with E-state index < -0.39 is 68.4 Å². The second kappa shape index (κ2) is 11.6. The van der Waals surface area contributed by atoms with Crippen molar-refractivity contribution in [2.45, 2.75) is 77.2 Å². The topological polar surface area (TPSA) is 142 Å². The van der Waals surface area contributed by atoms with Crippen molar-refractivity contribution in [2.24, 2.45) is 23.2 Å². The van der Waals surface area contributed by atoms with Gasteiger partial charge >= 0.3 is 12.1 Å². The molecule has 0 radical (unpaired) electrons. The molecule has 1 aliphatic carbocycles. The van der Waals surface area contributed by atoms with Crippen molar-refractivity contribution >= 4 is 33.5 Å². The van der Waals surface area contributed by atoms with Crippen LogP contribution < -0.4 is 16.0 Å². The van der Waals surface area contributed by atoms with Crippen molar-refractivity contribution in [1.29, 1.82) is 0 Å². The van der Waals surface area contributed by atoms with E-state index in [1.807, 2.05) is 0 Å². The van der Waals surface area contributed by atoms with Gasteiger partial charge in [-0.05, 0) is 49.0 Å². The van der Waals surface area contributed by atoms with Crippen LogP contribution >= 0.6 is 0 Å². The molecule has 6 atom stereocenters. The summed E-state index contributed by atoms with van der Waals surface area (Å²) in [6.07, 6.45) is -1.55. The van der Waals surface area contributed by atoms with E-state index >= 15 is 0 Å². The van der Waals surface area contributed by atoms with Gasteiger partial charge < -0.3 is 20.9 Å². The maximum absolute atomic E-state index is 14.5. The number of likely N-dealkylation sites (tertiary alicyclic amines) is 1. The van der Waals surface area contributed by atoms with Crippen LogP contribution in [0.3, 0.4) is 0 Å². The predicted molar refractivity (Wildman–Crippen MR) is 135 cm³/mol. The summed E-state index contributed by atoms with van der Waals surface area (Å²) >= 11 is 0. The first-order valence-corrected chi connectivity index (χ1v) is 15.0. The van der Waals surface area contributed by atoms with Gasteiger partial charge in [-0.1, -0.05) is 27.2 Å². The van der Waals surface area contributed by atoms with Gasteiger partial charge in [0, 0.05) is 25.3 Å². The van der Waals surface area contributed by atoms with Crippen LogP contribution in [0.25, 0.3) is 0 Å². The van der Waals surface area contributed by atoms with Crippen molar-refractivity contribution in [3.05, 3.63) is 11.2 Å². The molecule has 3 N–H and O–H groups in total. The number of nitrogens with one attached hydrogen (secondary N) is 3. The number of rotatable bonds is 8. The zero-order chi connectivity index (χ0) is 30.2. The van der Waals surface area contributed by atoms with Gasteiger partial charge in [-0.25, -0.2) is 8.42 Å². The van der Waals surface area contributed by atoms with E-state index in [-0.39, 0.29) is 30.7 Å². The second-order valence-electron chi connectivity index (χ2n) is 11.9. The van der Waals surface area contributed by atoms with E-state index in [1.165, 1.54) is 25.7 Å². The van der Waals surface area contributed by atoms with Gasteiger partial charge in [-0.15, -0.1) is 0 Å². The molecule has 4 amide bonds. The highest BCUT2D eigenvalue weighted by Crippen LogP contribution is 2.43. The summed E-state index contributed by atoms with van der Waals surface area (Å²) in [6.45, 7) is 4.91. The quantitative estimate of drug-likeness (QED) is 0.364. The Balaban J connectivity index is 1.91. The molecule has 3 rings (SSSR count). The minimum atomic E-state index is -5.22. The van der Waals surface area contributed by atoms with E-state index in [0.29, 0.717) is 38.1 Å². The number of sulfone groups is 1. The van der Waals surface area contributed by atoms with Crippen LogP contribution in [0.5, 0.6) is 0 Å². The number of fused-ring (bicyclic) bond motifs is 1. The number of halogens is 4. The molecule has 0 unspecified atom stereocenters. The van der Waals surface area contributed by atoms with Crippen molar-refractivity contribution in [1.82, 2.24) is 20.9 Å². The standard InChI is InChI=1S/C25H36F4N4O6S/c1-24(2,3)19(32-23(37)25(27,28)29)22(36)33-12-14-6-5-7-16(14)18(33)21(35)31-15(11-17(26)40(4,38)39)10-13-8-9-30-20(13)34/h11,13-16,18-19H,5-10,12H2,1-4H3,(H,30,34)(H,31,35)(H,32,37)/b17-11-/t13-,14-,15-,16-,18+,19-/m0/s1. The Kier molecular flexibility index (Phi) is 9.26. The Morgan fingerprint density at radius 2 is 1.77 bits per heavy atom. The number of alkyl halides is 3. The average Bonchev–Trinajstić information content (AvgIpc) is 3.50. The monoisotopic (exact) mass is 596 g/mol. The van der Waals surface area contributed by atoms with Crippen LogP contribution in [0.15, 0.2) is 11.2 Å². The fourth-order valence-corrected chi connectivity index (χ4v) is 6.20. The molecular weight excluding hydrogens is 560 g/mol. The summed E-state index contributed by atoms with van der Waals surface area (Å²) in [5, 5.41) is 5.50. The normalized spacial score (nSPS) is 27.1. The molecule has 2 heterocycles. The largest absolute Gasteiger partial charge is 0.471 e. The lowest BCUT2D eigenvalue weighted by atomic mass is 9.85. The summed E-state index contributed by atoms with van der Waals surface area (Å²) < 4.78 is 77.1. The number of carbonyl (C=O) groups excluding carboxylic acids is 4. The second-order valence-corrected chi connectivity index (χ2v) is 13.9. The number of hydrogen-bond donors (Lipinski definition) is 3. The van der Waals surface area contributed by atoms with Gasteiger partial charge in [-0.2, -0.15) is 17.6 Å². The Labute approximate surface area is 230 Å². The van der Waals surface area contributed by atoms with Crippen LogP contribution in [0.4, 0.5) is 17.6 Å². The van der Waals surface area contributed by atoms with E-state index in [0.717, 1.165) is 6.42 Å². The Hall–Kier alpha value is -2.71. The third-order valence-electron chi connectivity index (χ3n) is 7.80. The summed E-state index contributed by atoms with van der Waals surface area (Å²) in [6, 6.07) is -3.95. The first-order chi connectivity index (χ1) is 18.3. The lowest BCUT2D eigenvalue weighted by Gasteiger charge is -2.36. The fraction of sp³-hybridized carbons (Fsp3) is 0.760. The van der Waals surface area contributed by atoms with Gasteiger partial charge in [0.2, 0.25) is 32.7 Å². The Morgan fingerprint density at radius 1 is 1.12 bits per heavy atom. The number of hydrogen-bond acceptors (Lipinski definition) is 6. The van der Waals surface area contributed by atoms with E-state index in [1.54, 1.807) is 5.32 Å². The third-order valence-corrected chi connectivity index (χ3v) is 8.65. The van der Waals surface area contributed by atoms with E-state index in [2.05, 4.69) is 10.6 Å². The van der Waals surface area contributed by atoms with Crippen LogP contribution in [-0.2, 0) is 29.0 Å². The molecule has 0 aromatic rings. The number of carbonyl (C=O) groups is 4. The first kappa shape index (κ1) is 31.8. The van der Waals surface area contributed by atoms with Gasteiger partial charge in [0.15, 0.2) is 0 Å². The van der Waals surface area contributed by atoms with Gasteiger partial charge in [0.1, 0.15) is 12.1 Å². The van der Waals surface area contributed by atoms with Gasteiger partial charge in [0.05, 0.1) is 6.04 Å². The van der Waals surface area contributed by atoms with E-state index in [4.69, 9.17) is 0 Å². The summed E-state index contributed by atoms with van der Waals surface area (Å²) in [7, 11) is -4.24. The molecule has 2 saturated heterocycles. The van der Waals surface area contributed by atoms with Crippen LogP contribution in [0, 0.1) is 23.2 Å². The summed E-state index contributed by atoms with van der Waals surface area (Å²) in [5.41, 5.74) is -1.14. The predicted octanol–water partition coefficient (Wildman–Crippen LogP) is 1.57. The maximum Gasteiger partial charge on any atom is 0.471 e. The van der Waals surface area contributed by atoms with Crippen LogP contribution in [0.1, 0.15) is 52.9 Å². The highest BCUT2D eigenvalue weighted by atomic mass is 32.2. The minimum Gasteiger partial charge on any atom is -0.356 e. The highest BCUT2D eigenvalue weighted by molar-refractivity contribution is 7.94. The van der Waals surface area contributed by atoms with E-state index in [9.17, 15) is 45.2 Å². The Morgan fingerprint density at radius 3 is 2.30 bits per heavy atom. The first-order valence-electron chi connectivity index (χ1n) is 13.1. The molecule has 0 aromatic carbocycles. The molecule has 0 aromatic heterocycles. The fourth-order valence-electron chi connectivity index (χ4n) is 5.79. The molecule has 0 spiro atoms. The molecular formula is C25H36F4N4O6S. The maximum atomic E-state index is 14.5. The zero-order valence-electron chi connectivity index (χ0n) is 22.8. The molecule has 40 heavy (non-hydrogen) atoms. The van der Waals surface area contributed by atoms with Gasteiger partial charge in [0.25, 0.3) is 0 Å². The number of amides is 4. The molecule has 2 aliphatic heterocycles. The molecule has 3 aliphatic rings. The molecule has 15 heteroatoms. The van der Waals surface area contributed by atoms with Gasteiger partial charge in [-0.3, -0.25) is 19.2 Å². The molecule has 3 fully saturated rings. The van der Waals surface area contributed by atoms with Crippen LogP contribution in [0.2, 0.25) is 0 Å². The third kappa shape index (κ3) is 7.32. The lowest BCUT2D eigenvalue weighted by molar-refractivity contribution is -0.176. The van der Waals surface area contributed by atoms with Crippen LogP contribution in [-0.4, -0.2) is 80.6 Å². The summed E-state index contributed by atoms with van der Waals surface area (Å²) in [4.78, 5) is 52.4. The zero-order valence-corrected chi connectivity index (χ0v) is 23.6. The SMILES string of the molecule is CC(C)(C)[C@@H](NC(=O)C(F)(F)F)C(=O)N1C[C@@H]2CCC[C@@H]2[C@@H]1C(=O)N[C@H](/C=C(/F)S(C)(=O)=O)C[C@@H]1CCNC1=O.